The molecule has 1 aromatic carbocycles. The van der Waals surface area contributed by atoms with Gasteiger partial charge >= 0.3 is 0 Å². The van der Waals surface area contributed by atoms with Crippen LogP contribution in [0.5, 0.6) is 0 Å². The summed E-state index contributed by atoms with van der Waals surface area (Å²) in [6, 6.07) is 11.0. The molecular formula is C15H14N2O2. The topological polar surface area (TPSA) is 59.1 Å². The van der Waals surface area contributed by atoms with Gasteiger partial charge in [-0.25, -0.2) is 0 Å². The number of amides is 1. The quantitative estimate of drug-likeness (QED) is 0.857. The lowest BCUT2D eigenvalue weighted by Gasteiger charge is -2.05. The van der Waals surface area contributed by atoms with Gasteiger partial charge in [0, 0.05) is 29.9 Å². The third kappa shape index (κ3) is 3.25. The SMILES string of the molecule is CC(=O)Nc1cccc(-c2ccc(C(C)=O)cn2)c1. The number of aromatic nitrogens is 1. The summed E-state index contributed by atoms with van der Waals surface area (Å²) in [5.41, 5.74) is 2.96. The Kier molecular flexibility index (Phi) is 3.71. The highest BCUT2D eigenvalue weighted by Crippen LogP contribution is 2.21. The monoisotopic (exact) mass is 254 g/mol. The van der Waals surface area contributed by atoms with Crippen LogP contribution < -0.4 is 5.32 Å². The predicted octanol–water partition coefficient (Wildman–Crippen LogP) is 2.91. The van der Waals surface area contributed by atoms with Gasteiger partial charge in [-0.15, -0.1) is 0 Å². The van der Waals surface area contributed by atoms with Gasteiger partial charge in [0.05, 0.1) is 5.69 Å². The van der Waals surface area contributed by atoms with Gasteiger partial charge in [-0.3, -0.25) is 14.6 Å². The van der Waals surface area contributed by atoms with E-state index in [0.29, 0.717) is 5.56 Å². The number of anilines is 1. The molecule has 4 nitrogen and oxygen atoms in total. The molecule has 0 saturated carbocycles. The summed E-state index contributed by atoms with van der Waals surface area (Å²) >= 11 is 0. The molecule has 0 spiro atoms. The van der Waals surface area contributed by atoms with Gasteiger partial charge in [0.2, 0.25) is 5.91 Å². The number of carbonyl (C=O) groups is 2. The number of benzene rings is 1. The van der Waals surface area contributed by atoms with Crippen LogP contribution in [0.1, 0.15) is 24.2 Å². The molecule has 1 N–H and O–H groups in total. The Morgan fingerprint density at radius 1 is 1.11 bits per heavy atom. The summed E-state index contributed by atoms with van der Waals surface area (Å²) in [4.78, 5) is 26.5. The van der Waals surface area contributed by atoms with Crippen molar-refractivity contribution in [1.82, 2.24) is 4.98 Å². The molecular weight excluding hydrogens is 240 g/mol. The van der Waals surface area contributed by atoms with Crippen LogP contribution in [-0.2, 0) is 4.79 Å². The van der Waals surface area contributed by atoms with Crippen molar-refractivity contribution in [2.45, 2.75) is 13.8 Å². The number of hydrogen-bond acceptors (Lipinski definition) is 3. The van der Waals surface area contributed by atoms with Crippen LogP contribution in [0.3, 0.4) is 0 Å². The molecule has 0 aliphatic heterocycles. The Hall–Kier alpha value is -2.49. The molecule has 1 heterocycles. The standard InChI is InChI=1S/C15H14N2O2/c1-10(18)13-6-7-15(16-9-13)12-4-3-5-14(8-12)17-11(2)19/h3-9H,1-2H3,(H,17,19). The van der Waals surface area contributed by atoms with E-state index in [2.05, 4.69) is 10.3 Å². The van der Waals surface area contributed by atoms with Crippen LogP contribution in [0.4, 0.5) is 5.69 Å². The number of hydrogen-bond donors (Lipinski definition) is 1. The summed E-state index contributed by atoms with van der Waals surface area (Å²) in [6.45, 7) is 2.97. The second kappa shape index (κ2) is 5.44. The van der Waals surface area contributed by atoms with Crippen molar-refractivity contribution in [3.8, 4) is 11.3 Å². The number of carbonyl (C=O) groups excluding carboxylic acids is 2. The Morgan fingerprint density at radius 3 is 2.47 bits per heavy atom. The first-order valence-corrected chi connectivity index (χ1v) is 5.91. The Balaban J connectivity index is 2.30. The van der Waals surface area contributed by atoms with Crippen molar-refractivity contribution in [2.75, 3.05) is 5.32 Å². The lowest BCUT2D eigenvalue weighted by atomic mass is 10.1. The molecule has 0 aliphatic carbocycles. The average molecular weight is 254 g/mol. The van der Waals surface area contributed by atoms with Gasteiger partial charge in [-0.2, -0.15) is 0 Å². The Bertz CT molecular complexity index is 618. The fraction of sp³-hybridized carbons (Fsp3) is 0.133. The molecule has 0 bridgehead atoms. The lowest BCUT2D eigenvalue weighted by molar-refractivity contribution is -0.114. The minimum absolute atomic E-state index is 0.00829. The first kappa shape index (κ1) is 13.0. The molecule has 0 radical (unpaired) electrons. The number of ketones is 1. The highest BCUT2D eigenvalue weighted by atomic mass is 16.1. The van der Waals surface area contributed by atoms with E-state index in [0.717, 1.165) is 16.9 Å². The number of rotatable bonds is 3. The number of pyridine rings is 1. The minimum atomic E-state index is -0.114. The number of nitrogens with one attached hydrogen (secondary N) is 1. The number of nitrogens with zero attached hydrogens (tertiary/aromatic N) is 1. The van der Waals surface area contributed by atoms with Crippen LogP contribution in [0.15, 0.2) is 42.6 Å². The smallest absolute Gasteiger partial charge is 0.221 e. The molecule has 2 aromatic rings. The van der Waals surface area contributed by atoms with E-state index in [1.165, 1.54) is 13.8 Å². The van der Waals surface area contributed by atoms with Gasteiger partial charge in [-0.1, -0.05) is 12.1 Å². The molecule has 0 atom stereocenters. The van der Waals surface area contributed by atoms with E-state index < -0.39 is 0 Å². The predicted molar refractivity (Wildman–Crippen MR) is 74.0 cm³/mol. The summed E-state index contributed by atoms with van der Waals surface area (Å²) in [6.07, 6.45) is 1.56. The Labute approximate surface area is 111 Å². The van der Waals surface area contributed by atoms with Crippen LogP contribution in [-0.4, -0.2) is 16.7 Å². The summed E-state index contributed by atoms with van der Waals surface area (Å²) in [5, 5.41) is 2.72. The first-order valence-electron chi connectivity index (χ1n) is 5.91. The van der Waals surface area contributed by atoms with E-state index in [4.69, 9.17) is 0 Å². The fourth-order valence-electron chi connectivity index (χ4n) is 1.73. The van der Waals surface area contributed by atoms with Gasteiger partial charge in [0.1, 0.15) is 0 Å². The van der Waals surface area contributed by atoms with E-state index in [1.54, 1.807) is 18.3 Å². The van der Waals surface area contributed by atoms with Crippen molar-refractivity contribution in [3.63, 3.8) is 0 Å². The molecule has 19 heavy (non-hydrogen) atoms. The highest BCUT2D eigenvalue weighted by molar-refractivity contribution is 5.94. The maximum Gasteiger partial charge on any atom is 0.221 e. The van der Waals surface area contributed by atoms with E-state index in [9.17, 15) is 9.59 Å². The van der Waals surface area contributed by atoms with E-state index in [-0.39, 0.29) is 11.7 Å². The van der Waals surface area contributed by atoms with Crippen LogP contribution in [0.2, 0.25) is 0 Å². The third-order valence-corrected chi connectivity index (χ3v) is 2.65. The zero-order valence-corrected chi connectivity index (χ0v) is 10.8. The molecule has 96 valence electrons. The second-order valence-electron chi connectivity index (χ2n) is 4.25. The van der Waals surface area contributed by atoms with Crippen LogP contribution in [0.25, 0.3) is 11.3 Å². The van der Waals surface area contributed by atoms with E-state index in [1.807, 2.05) is 24.3 Å². The molecule has 4 heteroatoms. The van der Waals surface area contributed by atoms with Gasteiger partial charge in [0.25, 0.3) is 0 Å². The third-order valence-electron chi connectivity index (χ3n) is 2.65. The molecule has 0 fully saturated rings. The zero-order chi connectivity index (χ0) is 13.8. The van der Waals surface area contributed by atoms with E-state index >= 15 is 0 Å². The summed E-state index contributed by atoms with van der Waals surface area (Å²) < 4.78 is 0. The van der Waals surface area contributed by atoms with Crippen LogP contribution >= 0.6 is 0 Å². The highest BCUT2D eigenvalue weighted by Gasteiger charge is 2.04. The molecule has 0 aliphatic rings. The van der Waals surface area contributed by atoms with Crippen LogP contribution in [0, 0.1) is 0 Å². The Morgan fingerprint density at radius 2 is 1.89 bits per heavy atom. The van der Waals surface area contributed by atoms with Gasteiger partial charge in [0.15, 0.2) is 5.78 Å². The van der Waals surface area contributed by atoms with Gasteiger partial charge in [-0.05, 0) is 31.2 Å². The fourth-order valence-corrected chi connectivity index (χ4v) is 1.73. The largest absolute Gasteiger partial charge is 0.326 e. The molecule has 0 saturated heterocycles. The summed E-state index contributed by atoms with van der Waals surface area (Å²) in [5.74, 6) is -0.122. The molecule has 2 rings (SSSR count). The zero-order valence-electron chi connectivity index (χ0n) is 10.8. The average Bonchev–Trinajstić information content (AvgIpc) is 2.38. The maximum atomic E-state index is 11.2. The normalized spacial score (nSPS) is 10.0. The molecule has 0 unspecified atom stereocenters. The lowest BCUT2D eigenvalue weighted by Crippen LogP contribution is -2.05. The van der Waals surface area contributed by atoms with Crippen molar-refractivity contribution in [1.29, 1.82) is 0 Å². The number of Topliss-reactive ketones (excluding diaryl/α,β-unsaturated/α-hetero) is 1. The molecule has 1 aromatic heterocycles. The van der Waals surface area contributed by atoms with Crippen molar-refractivity contribution < 1.29 is 9.59 Å². The molecule has 1 amide bonds. The van der Waals surface area contributed by atoms with Crippen molar-refractivity contribution in [2.24, 2.45) is 0 Å². The van der Waals surface area contributed by atoms with Crippen molar-refractivity contribution >= 4 is 17.4 Å². The van der Waals surface area contributed by atoms with Crippen molar-refractivity contribution in [3.05, 3.63) is 48.2 Å². The minimum Gasteiger partial charge on any atom is -0.326 e. The van der Waals surface area contributed by atoms with Gasteiger partial charge < -0.3 is 5.32 Å². The second-order valence-corrected chi connectivity index (χ2v) is 4.25. The summed E-state index contributed by atoms with van der Waals surface area (Å²) in [7, 11) is 0. The maximum absolute atomic E-state index is 11.2. The first-order chi connectivity index (χ1) is 9.06.